The van der Waals surface area contributed by atoms with E-state index in [4.69, 9.17) is 28.6 Å². The van der Waals surface area contributed by atoms with E-state index in [2.05, 4.69) is 5.32 Å². The maximum atomic E-state index is 12.1. The van der Waals surface area contributed by atoms with Crippen molar-refractivity contribution in [1.82, 2.24) is 10.2 Å². The van der Waals surface area contributed by atoms with Gasteiger partial charge in [0.1, 0.15) is 5.57 Å². The zero-order valence-electron chi connectivity index (χ0n) is 11.8. The number of rotatable bonds is 3. The molecule has 1 aliphatic heterocycles. The lowest BCUT2D eigenvalue weighted by molar-refractivity contribution is -0.128. The summed E-state index contributed by atoms with van der Waals surface area (Å²) in [4.78, 5) is 25.2. The van der Waals surface area contributed by atoms with Gasteiger partial charge in [0, 0.05) is 7.05 Å². The average Bonchev–Trinajstić information content (AvgIpc) is 2.46. The normalized spacial score (nSPS) is 17.0. The average molecular weight is 341 g/mol. The summed E-state index contributed by atoms with van der Waals surface area (Å²) in [5.41, 5.74) is 0.367. The lowest BCUT2D eigenvalue weighted by atomic mass is 10.1. The Balaban J connectivity index is 2.46. The maximum absolute atomic E-state index is 12.1. The summed E-state index contributed by atoms with van der Waals surface area (Å²) in [5, 5.41) is 12.3. The molecule has 8 heteroatoms. The van der Waals surface area contributed by atoms with Crippen LogP contribution in [-0.2, 0) is 9.59 Å². The number of carbonyl (C=O) groups is 2. The Morgan fingerprint density at radius 2 is 2.14 bits per heavy atom. The first-order chi connectivity index (χ1) is 10.3. The van der Waals surface area contributed by atoms with Crippen LogP contribution in [0, 0.1) is 0 Å². The van der Waals surface area contributed by atoms with E-state index in [0.29, 0.717) is 12.2 Å². The third-order valence-corrected chi connectivity index (χ3v) is 3.63. The number of halogens is 1. The molecule has 0 aromatic heterocycles. The molecule has 0 bridgehead atoms. The minimum absolute atomic E-state index is 0.0471. The van der Waals surface area contributed by atoms with Crippen LogP contribution in [0.25, 0.3) is 6.08 Å². The van der Waals surface area contributed by atoms with Crippen LogP contribution in [-0.4, -0.2) is 40.6 Å². The van der Waals surface area contributed by atoms with Crippen molar-refractivity contribution in [2.45, 2.75) is 6.92 Å². The van der Waals surface area contributed by atoms with E-state index in [1.165, 1.54) is 25.3 Å². The van der Waals surface area contributed by atoms with Gasteiger partial charge in [-0.05, 0) is 42.9 Å². The van der Waals surface area contributed by atoms with Crippen molar-refractivity contribution in [3.05, 3.63) is 28.3 Å². The summed E-state index contributed by atoms with van der Waals surface area (Å²) in [6, 6.07) is 2.92. The van der Waals surface area contributed by atoms with Crippen LogP contribution in [0.1, 0.15) is 12.5 Å². The molecule has 2 rings (SSSR count). The van der Waals surface area contributed by atoms with Gasteiger partial charge in [-0.1, -0.05) is 11.6 Å². The highest BCUT2D eigenvalue weighted by Gasteiger charge is 2.30. The van der Waals surface area contributed by atoms with Gasteiger partial charge in [0.2, 0.25) is 0 Å². The first-order valence-electron chi connectivity index (χ1n) is 6.35. The van der Waals surface area contributed by atoms with Gasteiger partial charge < -0.3 is 9.84 Å². The van der Waals surface area contributed by atoms with Crippen molar-refractivity contribution in [2.24, 2.45) is 0 Å². The van der Waals surface area contributed by atoms with E-state index in [1.807, 2.05) is 0 Å². The highest BCUT2D eigenvalue weighted by atomic mass is 35.5. The molecule has 2 N–H and O–H groups in total. The van der Waals surface area contributed by atoms with Gasteiger partial charge >= 0.3 is 0 Å². The predicted molar refractivity (Wildman–Crippen MR) is 85.8 cm³/mol. The molecule has 1 saturated heterocycles. The molecule has 1 heterocycles. The van der Waals surface area contributed by atoms with Crippen molar-refractivity contribution in [3.63, 3.8) is 0 Å². The van der Waals surface area contributed by atoms with Gasteiger partial charge in [0.15, 0.2) is 16.6 Å². The van der Waals surface area contributed by atoms with Crippen molar-refractivity contribution < 1.29 is 19.4 Å². The summed E-state index contributed by atoms with van der Waals surface area (Å²) in [6.45, 7) is 2.09. The lowest BCUT2D eigenvalue weighted by Gasteiger charge is -2.25. The smallest absolute Gasteiger partial charge is 0.265 e. The molecular formula is C14H13ClN2O4S. The van der Waals surface area contributed by atoms with E-state index in [9.17, 15) is 14.7 Å². The number of phenolic OH excluding ortho intramolecular Hbond substituents is 1. The highest BCUT2D eigenvalue weighted by Crippen LogP contribution is 2.36. The quantitative estimate of drug-likeness (QED) is 0.497. The number of amides is 2. The van der Waals surface area contributed by atoms with Crippen LogP contribution < -0.4 is 10.1 Å². The van der Waals surface area contributed by atoms with Crippen LogP contribution in [0.3, 0.4) is 0 Å². The second-order valence-corrected chi connectivity index (χ2v) is 5.26. The number of nitrogens with zero attached hydrogens (tertiary/aromatic N) is 1. The third kappa shape index (κ3) is 3.05. The number of nitrogens with one attached hydrogen (secondary N) is 1. The zero-order valence-corrected chi connectivity index (χ0v) is 13.4. The van der Waals surface area contributed by atoms with Crippen molar-refractivity contribution in [2.75, 3.05) is 13.7 Å². The molecule has 0 aliphatic carbocycles. The molecule has 116 valence electrons. The number of phenols is 1. The number of likely N-dealkylation sites (N-methyl/N-ethyl adjacent to an activating group) is 1. The molecule has 1 aromatic rings. The summed E-state index contributed by atoms with van der Waals surface area (Å²) >= 11 is 10.8. The largest absolute Gasteiger partial charge is 0.503 e. The van der Waals surface area contributed by atoms with E-state index in [-0.39, 0.29) is 27.2 Å². The van der Waals surface area contributed by atoms with Crippen LogP contribution in [0.4, 0.5) is 0 Å². The van der Waals surface area contributed by atoms with Gasteiger partial charge in [-0.15, -0.1) is 0 Å². The Hall–Kier alpha value is -2.12. The number of ether oxygens (including phenoxy) is 1. The monoisotopic (exact) mass is 340 g/mol. The Morgan fingerprint density at radius 3 is 2.77 bits per heavy atom. The number of benzene rings is 1. The first kappa shape index (κ1) is 16.3. The van der Waals surface area contributed by atoms with Gasteiger partial charge in [-0.25, -0.2) is 0 Å². The zero-order chi connectivity index (χ0) is 16.4. The van der Waals surface area contributed by atoms with Gasteiger partial charge in [0.25, 0.3) is 11.8 Å². The number of carbonyl (C=O) groups excluding carboxylic acids is 2. The van der Waals surface area contributed by atoms with Crippen molar-refractivity contribution >= 4 is 46.8 Å². The number of hydrogen-bond acceptors (Lipinski definition) is 5. The first-order valence-corrected chi connectivity index (χ1v) is 7.14. The molecule has 1 aromatic carbocycles. The topological polar surface area (TPSA) is 78.9 Å². The van der Waals surface area contributed by atoms with Gasteiger partial charge in [-0.3, -0.25) is 19.8 Å². The van der Waals surface area contributed by atoms with Crippen molar-refractivity contribution in [3.8, 4) is 11.5 Å². The maximum Gasteiger partial charge on any atom is 0.265 e. The van der Waals surface area contributed by atoms with E-state index in [1.54, 1.807) is 6.92 Å². The lowest BCUT2D eigenvalue weighted by Crippen LogP contribution is -2.52. The Kier molecular flexibility index (Phi) is 4.68. The minimum Gasteiger partial charge on any atom is -0.503 e. The van der Waals surface area contributed by atoms with E-state index >= 15 is 0 Å². The Bertz CT molecular complexity index is 702. The molecule has 0 spiro atoms. The van der Waals surface area contributed by atoms with Crippen LogP contribution in [0.15, 0.2) is 17.7 Å². The third-order valence-electron chi connectivity index (χ3n) is 2.97. The molecular weight excluding hydrogens is 328 g/mol. The molecule has 2 amide bonds. The van der Waals surface area contributed by atoms with Gasteiger partial charge in [-0.2, -0.15) is 0 Å². The van der Waals surface area contributed by atoms with E-state index in [0.717, 1.165) is 4.90 Å². The molecule has 1 aliphatic rings. The molecule has 6 nitrogen and oxygen atoms in total. The number of hydrogen-bond donors (Lipinski definition) is 2. The molecule has 0 radical (unpaired) electrons. The standard InChI is InChI=1S/C14H13ClN2O4S/c1-3-21-10-6-7(5-9(15)11(10)18)4-8-12(19)16-14(22)17(2)13(8)20/h4-6,18H,3H2,1-2H3,(H,16,19,22)/b8-4+. The predicted octanol–water partition coefficient (Wildman–Crippen LogP) is 1.70. The molecule has 22 heavy (non-hydrogen) atoms. The second kappa shape index (κ2) is 6.33. The van der Waals surface area contributed by atoms with Gasteiger partial charge in [0.05, 0.1) is 11.6 Å². The van der Waals surface area contributed by atoms with Crippen LogP contribution >= 0.6 is 23.8 Å². The summed E-state index contributed by atoms with van der Waals surface area (Å²) in [5.74, 6) is -1.12. The molecule has 0 atom stereocenters. The number of aromatic hydroxyl groups is 1. The fourth-order valence-electron chi connectivity index (χ4n) is 1.85. The molecule has 1 fully saturated rings. The Labute approximate surface area is 137 Å². The van der Waals surface area contributed by atoms with E-state index < -0.39 is 11.8 Å². The summed E-state index contributed by atoms with van der Waals surface area (Å²) in [7, 11) is 1.47. The fraction of sp³-hybridized carbons (Fsp3) is 0.214. The van der Waals surface area contributed by atoms with Crippen molar-refractivity contribution in [1.29, 1.82) is 0 Å². The fourth-order valence-corrected chi connectivity index (χ4v) is 2.25. The molecule has 0 unspecified atom stereocenters. The Morgan fingerprint density at radius 1 is 1.45 bits per heavy atom. The summed E-state index contributed by atoms with van der Waals surface area (Å²) in [6.07, 6.45) is 1.36. The van der Waals surface area contributed by atoms with Crippen LogP contribution in [0.5, 0.6) is 11.5 Å². The molecule has 0 saturated carbocycles. The minimum atomic E-state index is -0.588. The SMILES string of the molecule is CCOc1cc(/C=C2\C(=O)NC(=S)N(C)C2=O)cc(Cl)c1O. The number of thiocarbonyl (C=S) groups is 1. The second-order valence-electron chi connectivity index (χ2n) is 4.46. The summed E-state index contributed by atoms with van der Waals surface area (Å²) < 4.78 is 5.26. The van der Waals surface area contributed by atoms with Crippen LogP contribution in [0.2, 0.25) is 5.02 Å². The highest BCUT2D eigenvalue weighted by molar-refractivity contribution is 7.80.